The van der Waals surface area contributed by atoms with Crippen molar-refractivity contribution in [2.75, 3.05) is 19.6 Å². The Morgan fingerprint density at radius 1 is 1.00 bits per heavy atom. The molecule has 0 bridgehead atoms. The summed E-state index contributed by atoms with van der Waals surface area (Å²) >= 11 is 0. The first-order valence-corrected chi connectivity index (χ1v) is 6.62. The highest BCUT2D eigenvalue weighted by molar-refractivity contribution is 4.86. The molecular weight excluding hydrogens is 184 g/mol. The predicted octanol–water partition coefficient (Wildman–Crippen LogP) is 2.10. The summed E-state index contributed by atoms with van der Waals surface area (Å²) < 4.78 is 0. The Bertz CT molecular complexity index is 195. The minimum absolute atomic E-state index is 0.686. The molecule has 0 radical (unpaired) electrons. The van der Waals surface area contributed by atoms with Gasteiger partial charge in [-0.3, -0.25) is 4.90 Å². The van der Waals surface area contributed by atoms with Crippen molar-refractivity contribution in [2.24, 2.45) is 11.8 Å². The zero-order valence-corrected chi connectivity index (χ0v) is 10.5. The van der Waals surface area contributed by atoms with Crippen LogP contribution in [0.1, 0.15) is 40.0 Å². The van der Waals surface area contributed by atoms with E-state index in [1.165, 1.54) is 38.9 Å². The fourth-order valence-corrected chi connectivity index (χ4v) is 3.50. The fourth-order valence-electron chi connectivity index (χ4n) is 3.50. The average Bonchev–Trinajstić information content (AvgIpc) is 2.16. The molecule has 0 amide bonds. The third-order valence-electron chi connectivity index (χ3n) is 4.07. The van der Waals surface area contributed by atoms with E-state index in [1.54, 1.807) is 0 Å². The van der Waals surface area contributed by atoms with Crippen LogP contribution in [0.3, 0.4) is 0 Å². The fraction of sp³-hybridized carbons (Fsp3) is 1.00. The zero-order chi connectivity index (χ0) is 10.8. The molecule has 0 spiro atoms. The van der Waals surface area contributed by atoms with Gasteiger partial charge in [0.05, 0.1) is 0 Å². The lowest BCUT2D eigenvalue weighted by molar-refractivity contribution is 0.0845. The lowest BCUT2D eigenvalue weighted by atomic mass is 9.79. The van der Waals surface area contributed by atoms with E-state index in [1.807, 2.05) is 0 Å². The van der Waals surface area contributed by atoms with Crippen LogP contribution >= 0.6 is 0 Å². The molecular formula is C13H26N2. The lowest BCUT2D eigenvalue weighted by Crippen LogP contribution is -2.54. The zero-order valence-electron chi connectivity index (χ0n) is 10.5. The van der Waals surface area contributed by atoms with Gasteiger partial charge >= 0.3 is 0 Å². The minimum Gasteiger partial charge on any atom is -0.312 e. The predicted molar refractivity (Wildman–Crippen MR) is 65.0 cm³/mol. The third kappa shape index (κ3) is 2.94. The average molecular weight is 210 g/mol. The molecule has 2 nitrogen and oxygen atoms in total. The van der Waals surface area contributed by atoms with Crippen LogP contribution in [0.4, 0.5) is 0 Å². The maximum absolute atomic E-state index is 3.53. The topological polar surface area (TPSA) is 15.3 Å². The molecule has 0 aromatic heterocycles. The van der Waals surface area contributed by atoms with Gasteiger partial charge < -0.3 is 5.32 Å². The molecule has 1 aliphatic carbocycles. The van der Waals surface area contributed by atoms with E-state index in [2.05, 4.69) is 31.0 Å². The normalized spacial score (nSPS) is 44.2. The highest BCUT2D eigenvalue weighted by Gasteiger charge is 2.30. The molecule has 1 heterocycles. The minimum atomic E-state index is 0.686. The first kappa shape index (κ1) is 11.4. The number of nitrogens with zero attached hydrogens (tertiary/aromatic N) is 1. The van der Waals surface area contributed by atoms with Gasteiger partial charge in [0.1, 0.15) is 0 Å². The van der Waals surface area contributed by atoms with Crippen LogP contribution in [0.15, 0.2) is 0 Å². The van der Waals surface area contributed by atoms with Crippen molar-refractivity contribution in [1.29, 1.82) is 0 Å². The van der Waals surface area contributed by atoms with E-state index in [0.717, 1.165) is 17.9 Å². The lowest BCUT2D eigenvalue weighted by Gasteiger charge is -2.42. The van der Waals surface area contributed by atoms with Crippen LogP contribution < -0.4 is 5.32 Å². The van der Waals surface area contributed by atoms with Gasteiger partial charge in [0, 0.05) is 31.7 Å². The molecule has 0 aromatic rings. The van der Waals surface area contributed by atoms with Crippen molar-refractivity contribution in [3.05, 3.63) is 0 Å². The summed E-state index contributed by atoms with van der Waals surface area (Å²) in [5.74, 6) is 1.87. The summed E-state index contributed by atoms with van der Waals surface area (Å²) in [6.07, 6.45) is 4.30. The number of hydrogen-bond donors (Lipinski definition) is 1. The summed E-state index contributed by atoms with van der Waals surface area (Å²) in [7, 11) is 0. The molecule has 1 N–H and O–H groups in total. The van der Waals surface area contributed by atoms with Crippen molar-refractivity contribution >= 4 is 0 Å². The second-order valence-corrected chi connectivity index (χ2v) is 5.92. The highest BCUT2D eigenvalue weighted by atomic mass is 15.2. The van der Waals surface area contributed by atoms with E-state index in [0.29, 0.717) is 6.04 Å². The SMILES string of the molecule is CC1CC(C)CC(N2CCNC(C)C2)C1. The maximum atomic E-state index is 3.53. The van der Waals surface area contributed by atoms with Crippen molar-refractivity contribution < 1.29 is 0 Å². The van der Waals surface area contributed by atoms with Gasteiger partial charge in [0.25, 0.3) is 0 Å². The van der Waals surface area contributed by atoms with Gasteiger partial charge in [0.15, 0.2) is 0 Å². The number of rotatable bonds is 1. The third-order valence-corrected chi connectivity index (χ3v) is 4.07. The first-order chi connectivity index (χ1) is 7.15. The van der Waals surface area contributed by atoms with Crippen molar-refractivity contribution in [2.45, 2.75) is 52.1 Å². The van der Waals surface area contributed by atoms with E-state index in [9.17, 15) is 0 Å². The van der Waals surface area contributed by atoms with Gasteiger partial charge in [-0.2, -0.15) is 0 Å². The standard InChI is InChI=1S/C13H26N2/c1-10-6-11(2)8-13(7-10)15-5-4-14-12(3)9-15/h10-14H,4-9H2,1-3H3. The van der Waals surface area contributed by atoms with E-state index in [4.69, 9.17) is 0 Å². The molecule has 2 heteroatoms. The Morgan fingerprint density at radius 3 is 2.27 bits per heavy atom. The molecule has 0 aromatic carbocycles. The monoisotopic (exact) mass is 210 g/mol. The second kappa shape index (κ2) is 4.84. The molecule has 1 aliphatic heterocycles. The van der Waals surface area contributed by atoms with Crippen molar-refractivity contribution in [1.82, 2.24) is 10.2 Å². The molecule has 2 aliphatic rings. The smallest absolute Gasteiger partial charge is 0.0167 e. The number of nitrogens with one attached hydrogen (secondary N) is 1. The molecule has 2 fully saturated rings. The maximum Gasteiger partial charge on any atom is 0.0167 e. The quantitative estimate of drug-likeness (QED) is 0.713. The van der Waals surface area contributed by atoms with Crippen LogP contribution in [-0.4, -0.2) is 36.6 Å². The van der Waals surface area contributed by atoms with Crippen LogP contribution in [-0.2, 0) is 0 Å². The number of piperazine rings is 1. The van der Waals surface area contributed by atoms with Crippen molar-refractivity contribution in [3.63, 3.8) is 0 Å². The molecule has 2 rings (SSSR count). The first-order valence-electron chi connectivity index (χ1n) is 6.62. The Labute approximate surface area is 94.4 Å². The molecule has 1 saturated heterocycles. The van der Waals surface area contributed by atoms with E-state index in [-0.39, 0.29) is 0 Å². The number of hydrogen-bond acceptors (Lipinski definition) is 2. The van der Waals surface area contributed by atoms with Crippen LogP contribution in [0.25, 0.3) is 0 Å². The van der Waals surface area contributed by atoms with Gasteiger partial charge in [-0.15, -0.1) is 0 Å². The summed E-state index contributed by atoms with van der Waals surface area (Å²) in [5.41, 5.74) is 0. The molecule has 3 unspecified atom stereocenters. The Morgan fingerprint density at radius 2 is 1.67 bits per heavy atom. The van der Waals surface area contributed by atoms with Crippen molar-refractivity contribution in [3.8, 4) is 0 Å². The second-order valence-electron chi connectivity index (χ2n) is 5.92. The van der Waals surface area contributed by atoms with E-state index < -0.39 is 0 Å². The van der Waals surface area contributed by atoms with Gasteiger partial charge in [-0.1, -0.05) is 13.8 Å². The Balaban J connectivity index is 1.91. The van der Waals surface area contributed by atoms with Crippen LogP contribution in [0, 0.1) is 11.8 Å². The molecule has 15 heavy (non-hydrogen) atoms. The van der Waals surface area contributed by atoms with Crippen LogP contribution in [0.5, 0.6) is 0 Å². The summed E-state index contributed by atoms with van der Waals surface area (Å²) in [6, 6.07) is 1.56. The van der Waals surface area contributed by atoms with Crippen LogP contribution in [0.2, 0.25) is 0 Å². The molecule has 1 saturated carbocycles. The van der Waals surface area contributed by atoms with Gasteiger partial charge in [-0.05, 0) is 38.0 Å². The highest BCUT2D eigenvalue weighted by Crippen LogP contribution is 2.31. The Kier molecular flexibility index (Phi) is 3.68. The Hall–Kier alpha value is -0.0800. The van der Waals surface area contributed by atoms with Gasteiger partial charge in [-0.25, -0.2) is 0 Å². The summed E-state index contributed by atoms with van der Waals surface area (Å²) in [5, 5.41) is 3.53. The molecule has 3 atom stereocenters. The summed E-state index contributed by atoms with van der Waals surface area (Å²) in [6.45, 7) is 10.9. The summed E-state index contributed by atoms with van der Waals surface area (Å²) in [4.78, 5) is 2.73. The molecule has 88 valence electrons. The largest absolute Gasteiger partial charge is 0.312 e. The van der Waals surface area contributed by atoms with Gasteiger partial charge in [0.2, 0.25) is 0 Å². The van der Waals surface area contributed by atoms with E-state index >= 15 is 0 Å².